The molecule has 104 valence electrons. The third kappa shape index (κ3) is 3.66. The molecule has 1 aliphatic rings. The summed E-state index contributed by atoms with van der Waals surface area (Å²) in [5.74, 6) is 0.252. The zero-order valence-electron chi connectivity index (χ0n) is 12.3. The molecule has 1 aromatic carbocycles. The van der Waals surface area contributed by atoms with Gasteiger partial charge in [-0.3, -0.25) is 4.79 Å². The van der Waals surface area contributed by atoms with Crippen molar-refractivity contribution >= 4 is 5.78 Å². The maximum Gasteiger partial charge on any atom is 0.179 e. The molecule has 1 fully saturated rings. The summed E-state index contributed by atoms with van der Waals surface area (Å²) in [5.41, 5.74) is 2.26. The molecule has 2 heteroatoms. The average Bonchev–Trinajstić information content (AvgIpc) is 2.66. The van der Waals surface area contributed by atoms with Gasteiger partial charge in [-0.2, -0.15) is 0 Å². The van der Waals surface area contributed by atoms with Crippen molar-refractivity contribution in [2.24, 2.45) is 0 Å². The minimum atomic E-state index is 0.0167. The van der Waals surface area contributed by atoms with Gasteiger partial charge in [0.1, 0.15) is 0 Å². The molecule has 0 aliphatic carbocycles. The molecule has 0 amide bonds. The predicted molar refractivity (Wildman–Crippen MR) is 79.7 cm³/mol. The van der Waals surface area contributed by atoms with Gasteiger partial charge in [-0.25, -0.2) is 0 Å². The zero-order chi connectivity index (χ0) is 13.9. The van der Waals surface area contributed by atoms with E-state index in [1.54, 1.807) is 0 Å². The van der Waals surface area contributed by atoms with E-state index in [1.807, 2.05) is 12.1 Å². The number of carbonyl (C=O) groups excluding carboxylic acids is 1. The van der Waals surface area contributed by atoms with E-state index in [-0.39, 0.29) is 17.2 Å². The van der Waals surface area contributed by atoms with Crippen LogP contribution >= 0.6 is 0 Å². The normalized spacial score (nSPS) is 20.9. The van der Waals surface area contributed by atoms with E-state index in [0.29, 0.717) is 0 Å². The van der Waals surface area contributed by atoms with Crippen LogP contribution in [0.25, 0.3) is 0 Å². The Bertz CT molecular complexity index is 420. The summed E-state index contributed by atoms with van der Waals surface area (Å²) in [6.45, 7) is 7.54. The fourth-order valence-electron chi connectivity index (χ4n) is 2.59. The second-order valence-electron chi connectivity index (χ2n) is 6.55. The largest absolute Gasteiger partial charge is 0.307 e. The molecule has 2 nitrogen and oxygen atoms in total. The molecular formula is C17H25NO. The summed E-state index contributed by atoms with van der Waals surface area (Å²) in [6, 6.07) is 8.15. The van der Waals surface area contributed by atoms with Crippen molar-refractivity contribution in [1.82, 2.24) is 5.32 Å². The molecule has 1 unspecified atom stereocenters. The summed E-state index contributed by atoms with van der Waals surface area (Å²) >= 11 is 0. The highest BCUT2D eigenvalue weighted by Crippen LogP contribution is 2.23. The summed E-state index contributed by atoms with van der Waals surface area (Å²) < 4.78 is 0. The van der Waals surface area contributed by atoms with Gasteiger partial charge in [-0.05, 0) is 30.4 Å². The molecule has 1 N–H and O–H groups in total. The first-order chi connectivity index (χ1) is 8.98. The van der Waals surface area contributed by atoms with Crippen molar-refractivity contribution in [3.05, 3.63) is 35.4 Å². The highest BCUT2D eigenvalue weighted by molar-refractivity contribution is 6.00. The minimum Gasteiger partial charge on any atom is -0.307 e. The van der Waals surface area contributed by atoms with Crippen LogP contribution in [0, 0.1) is 0 Å². The van der Waals surface area contributed by atoms with E-state index in [9.17, 15) is 4.79 Å². The van der Waals surface area contributed by atoms with Gasteiger partial charge >= 0.3 is 0 Å². The Morgan fingerprint density at radius 1 is 1.11 bits per heavy atom. The van der Waals surface area contributed by atoms with E-state index in [2.05, 4.69) is 38.2 Å². The van der Waals surface area contributed by atoms with Crippen molar-refractivity contribution in [3.8, 4) is 0 Å². The molecule has 2 rings (SSSR count). The Labute approximate surface area is 116 Å². The number of hydrogen-bond acceptors (Lipinski definition) is 2. The molecule has 1 atom stereocenters. The maximum atomic E-state index is 12.5. The minimum absolute atomic E-state index is 0.0167. The topological polar surface area (TPSA) is 29.1 Å². The molecule has 19 heavy (non-hydrogen) atoms. The lowest BCUT2D eigenvalue weighted by atomic mass is 9.86. The molecule has 1 aliphatic heterocycles. The number of carbonyl (C=O) groups is 1. The molecule has 0 spiro atoms. The number of Topliss-reactive ketones (excluding diaryl/α,β-unsaturated/α-hetero) is 1. The Hall–Kier alpha value is -1.15. The van der Waals surface area contributed by atoms with Crippen LogP contribution in [-0.2, 0) is 5.41 Å². The summed E-state index contributed by atoms with van der Waals surface area (Å²) in [5, 5.41) is 3.38. The van der Waals surface area contributed by atoms with Gasteiger partial charge in [0.25, 0.3) is 0 Å². The van der Waals surface area contributed by atoms with Crippen LogP contribution in [0.1, 0.15) is 62.4 Å². The lowest BCUT2D eigenvalue weighted by molar-refractivity contribution is 0.0940. The van der Waals surface area contributed by atoms with Gasteiger partial charge in [0.15, 0.2) is 5.78 Å². The van der Waals surface area contributed by atoms with Gasteiger partial charge < -0.3 is 5.32 Å². The van der Waals surface area contributed by atoms with E-state index in [4.69, 9.17) is 0 Å². The molecule has 1 heterocycles. The summed E-state index contributed by atoms with van der Waals surface area (Å²) in [7, 11) is 0. The molecule has 0 saturated carbocycles. The molecule has 0 aromatic heterocycles. The number of benzene rings is 1. The van der Waals surface area contributed by atoms with Gasteiger partial charge in [0.2, 0.25) is 0 Å². The Morgan fingerprint density at radius 3 is 2.42 bits per heavy atom. The van der Waals surface area contributed by atoms with Crippen molar-refractivity contribution < 1.29 is 4.79 Å². The van der Waals surface area contributed by atoms with E-state index in [0.717, 1.165) is 24.9 Å². The van der Waals surface area contributed by atoms with Crippen LogP contribution in [0.5, 0.6) is 0 Å². The summed E-state index contributed by atoms with van der Waals surface area (Å²) in [4.78, 5) is 12.5. The van der Waals surface area contributed by atoms with Gasteiger partial charge in [0, 0.05) is 5.56 Å². The molecule has 0 bridgehead atoms. The number of hydrogen-bond donors (Lipinski definition) is 1. The van der Waals surface area contributed by atoms with Crippen LogP contribution < -0.4 is 5.32 Å². The van der Waals surface area contributed by atoms with Crippen molar-refractivity contribution in [2.45, 2.75) is 57.9 Å². The fraction of sp³-hybridized carbons (Fsp3) is 0.588. The second kappa shape index (κ2) is 5.87. The van der Waals surface area contributed by atoms with Crippen LogP contribution in [0.15, 0.2) is 24.3 Å². The monoisotopic (exact) mass is 259 g/mol. The SMILES string of the molecule is CC(C)(C)c1ccc(C(=O)C2CCCCCN2)cc1. The van der Waals surface area contributed by atoms with Crippen LogP contribution in [0.3, 0.4) is 0 Å². The lowest BCUT2D eigenvalue weighted by Crippen LogP contribution is -2.36. The van der Waals surface area contributed by atoms with Gasteiger partial charge in [-0.15, -0.1) is 0 Å². The molecule has 1 saturated heterocycles. The number of ketones is 1. The van der Waals surface area contributed by atoms with Gasteiger partial charge in [0.05, 0.1) is 6.04 Å². The first kappa shape index (κ1) is 14.3. The highest BCUT2D eigenvalue weighted by Gasteiger charge is 2.21. The van der Waals surface area contributed by atoms with Gasteiger partial charge in [-0.1, -0.05) is 57.9 Å². The van der Waals surface area contributed by atoms with E-state index < -0.39 is 0 Å². The number of nitrogens with one attached hydrogen (secondary N) is 1. The first-order valence-corrected chi connectivity index (χ1v) is 7.36. The summed E-state index contributed by atoms with van der Waals surface area (Å²) in [6.07, 6.45) is 4.55. The smallest absolute Gasteiger partial charge is 0.179 e. The predicted octanol–water partition coefficient (Wildman–Crippen LogP) is 3.70. The Morgan fingerprint density at radius 2 is 1.79 bits per heavy atom. The third-order valence-corrected chi connectivity index (χ3v) is 3.91. The van der Waals surface area contributed by atoms with Crippen LogP contribution in [-0.4, -0.2) is 18.4 Å². The number of rotatable bonds is 2. The zero-order valence-corrected chi connectivity index (χ0v) is 12.3. The molecular weight excluding hydrogens is 234 g/mol. The standard InChI is InChI=1S/C17H25NO/c1-17(2,3)14-10-8-13(9-11-14)16(19)15-7-5-4-6-12-18-15/h8-11,15,18H,4-7,12H2,1-3H3. The Kier molecular flexibility index (Phi) is 4.41. The van der Waals surface area contributed by atoms with Crippen molar-refractivity contribution in [1.29, 1.82) is 0 Å². The van der Waals surface area contributed by atoms with Crippen molar-refractivity contribution in [3.63, 3.8) is 0 Å². The third-order valence-electron chi connectivity index (χ3n) is 3.91. The van der Waals surface area contributed by atoms with E-state index >= 15 is 0 Å². The second-order valence-corrected chi connectivity index (χ2v) is 6.55. The fourth-order valence-corrected chi connectivity index (χ4v) is 2.59. The first-order valence-electron chi connectivity index (χ1n) is 7.36. The quantitative estimate of drug-likeness (QED) is 0.821. The van der Waals surface area contributed by atoms with Crippen LogP contribution in [0.4, 0.5) is 0 Å². The highest BCUT2D eigenvalue weighted by atomic mass is 16.1. The Balaban J connectivity index is 2.10. The van der Waals surface area contributed by atoms with Crippen LogP contribution in [0.2, 0.25) is 0 Å². The maximum absolute atomic E-state index is 12.5. The average molecular weight is 259 g/mol. The lowest BCUT2D eigenvalue weighted by Gasteiger charge is -2.20. The van der Waals surface area contributed by atoms with Crippen molar-refractivity contribution in [2.75, 3.05) is 6.54 Å². The molecule has 0 radical (unpaired) electrons. The molecule has 1 aromatic rings. The van der Waals surface area contributed by atoms with E-state index in [1.165, 1.54) is 18.4 Å².